The molecule has 0 fully saturated rings. The molecule has 1 aromatic rings. The summed E-state index contributed by atoms with van der Waals surface area (Å²) in [5.74, 6) is 1.26. The van der Waals surface area contributed by atoms with Crippen LogP contribution < -0.4 is 15.2 Å². The summed E-state index contributed by atoms with van der Waals surface area (Å²) in [6.45, 7) is 2.09. The molecule has 0 aromatic heterocycles. The molecule has 0 spiro atoms. The molecule has 4 nitrogen and oxygen atoms in total. The number of methoxy groups -OCH3 is 2. The largest absolute Gasteiger partial charge is 0.493 e. The van der Waals surface area contributed by atoms with E-state index >= 15 is 0 Å². The molecule has 0 radical (unpaired) electrons. The maximum Gasteiger partial charge on any atom is 0.161 e. The van der Waals surface area contributed by atoms with E-state index in [0.29, 0.717) is 11.5 Å². The zero-order valence-electron chi connectivity index (χ0n) is 9.28. The summed E-state index contributed by atoms with van der Waals surface area (Å²) >= 11 is 0. The van der Waals surface area contributed by atoms with Gasteiger partial charge in [0.1, 0.15) is 0 Å². The smallest absolute Gasteiger partial charge is 0.161 e. The molecule has 15 heavy (non-hydrogen) atoms. The van der Waals surface area contributed by atoms with Crippen LogP contribution in [0.1, 0.15) is 17.2 Å². The van der Waals surface area contributed by atoms with Crippen molar-refractivity contribution in [3.63, 3.8) is 0 Å². The molecule has 0 heterocycles. The van der Waals surface area contributed by atoms with Crippen molar-refractivity contribution in [3.8, 4) is 11.5 Å². The number of rotatable bonds is 4. The van der Waals surface area contributed by atoms with Crippen molar-refractivity contribution >= 4 is 0 Å². The van der Waals surface area contributed by atoms with Gasteiger partial charge < -0.3 is 20.3 Å². The van der Waals surface area contributed by atoms with E-state index in [2.05, 4.69) is 0 Å². The lowest BCUT2D eigenvalue weighted by atomic mass is 10.0. The van der Waals surface area contributed by atoms with Crippen LogP contribution in [0.3, 0.4) is 0 Å². The van der Waals surface area contributed by atoms with Crippen LogP contribution in [0.2, 0.25) is 0 Å². The van der Waals surface area contributed by atoms with E-state index in [4.69, 9.17) is 15.2 Å². The van der Waals surface area contributed by atoms with Gasteiger partial charge in [-0.1, -0.05) is 0 Å². The second kappa shape index (κ2) is 5.00. The number of aliphatic hydroxyl groups excluding tert-OH is 1. The van der Waals surface area contributed by atoms with Gasteiger partial charge in [-0.15, -0.1) is 0 Å². The molecule has 0 aliphatic heterocycles. The number of hydrogen-bond acceptors (Lipinski definition) is 4. The normalized spacial score (nSPS) is 12.3. The highest BCUT2D eigenvalue weighted by atomic mass is 16.5. The summed E-state index contributed by atoms with van der Waals surface area (Å²) < 4.78 is 10.3. The van der Waals surface area contributed by atoms with Gasteiger partial charge in [-0.25, -0.2) is 0 Å². The minimum absolute atomic E-state index is 0.191. The van der Waals surface area contributed by atoms with Crippen molar-refractivity contribution < 1.29 is 14.6 Å². The molecule has 3 N–H and O–H groups in total. The van der Waals surface area contributed by atoms with E-state index in [0.717, 1.165) is 11.1 Å². The molecule has 4 heteroatoms. The fourth-order valence-electron chi connectivity index (χ4n) is 1.48. The molecule has 0 saturated carbocycles. The van der Waals surface area contributed by atoms with Crippen molar-refractivity contribution in [2.45, 2.75) is 13.0 Å². The third-order valence-electron chi connectivity index (χ3n) is 2.35. The number of aryl methyl sites for hydroxylation is 1. The van der Waals surface area contributed by atoms with E-state index < -0.39 is 6.10 Å². The Morgan fingerprint density at radius 1 is 1.27 bits per heavy atom. The topological polar surface area (TPSA) is 64.7 Å². The van der Waals surface area contributed by atoms with Gasteiger partial charge in [0.25, 0.3) is 0 Å². The molecule has 0 saturated heterocycles. The van der Waals surface area contributed by atoms with Crippen molar-refractivity contribution in [1.29, 1.82) is 0 Å². The van der Waals surface area contributed by atoms with Crippen LogP contribution in [0, 0.1) is 6.92 Å². The Labute approximate surface area is 89.6 Å². The summed E-state index contributed by atoms with van der Waals surface area (Å²) in [6, 6.07) is 3.58. The average molecular weight is 211 g/mol. The lowest BCUT2D eigenvalue weighted by Gasteiger charge is -2.15. The monoisotopic (exact) mass is 211 g/mol. The number of aliphatic hydroxyl groups is 1. The van der Waals surface area contributed by atoms with Gasteiger partial charge in [-0.05, 0) is 30.2 Å². The standard InChI is InChI=1S/C11H17NO3/c1-7-4-10(14-2)11(15-3)5-8(7)9(13)6-12/h4-5,9,13H,6,12H2,1-3H3. The Bertz CT molecular complexity index is 339. The first kappa shape index (κ1) is 11.8. The predicted molar refractivity (Wildman–Crippen MR) is 58.3 cm³/mol. The van der Waals surface area contributed by atoms with Crippen LogP contribution in [0.15, 0.2) is 12.1 Å². The molecule has 1 atom stereocenters. The molecular formula is C11H17NO3. The quantitative estimate of drug-likeness (QED) is 0.780. The summed E-state index contributed by atoms with van der Waals surface area (Å²) in [5, 5.41) is 9.67. The summed E-state index contributed by atoms with van der Waals surface area (Å²) in [6.07, 6.45) is -0.662. The molecule has 0 aliphatic rings. The molecule has 84 valence electrons. The van der Waals surface area contributed by atoms with Crippen LogP contribution >= 0.6 is 0 Å². The second-order valence-electron chi connectivity index (χ2n) is 3.32. The first-order valence-electron chi connectivity index (χ1n) is 4.74. The van der Waals surface area contributed by atoms with Crippen LogP contribution in [0.4, 0.5) is 0 Å². The van der Waals surface area contributed by atoms with Gasteiger partial charge in [0.05, 0.1) is 20.3 Å². The van der Waals surface area contributed by atoms with Crippen LogP contribution in [0.5, 0.6) is 11.5 Å². The first-order valence-corrected chi connectivity index (χ1v) is 4.74. The van der Waals surface area contributed by atoms with Crippen molar-refractivity contribution in [2.24, 2.45) is 5.73 Å². The van der Waals surface area contributed by atoms with Gasteiger partial charge in [0.2, 0.25) is 0 Å². The summed E-state index contributed by atoms with van der Waals surface area (Å²) in [4.78, 5) is 0. The highest BCUT2D eigenvalue weighted by Gasteiger charge is 2.13. The molecule has 0 amide bonds. The number of nitrogens with two attached hydrogens (primary N) is 1. The Hall–Kier alpha value is -1.26. The highest BCUT2D eigenvalue weighted by Crippen LogP contribution is 2.32. The maximum absolute atomic E-state index is 9.67. The number of benzene rings is 1. The molecular weight excluding hydrogens is 194 g/mol. The Balaban J connectivity index is 3.19. The van der Waals surface area contributed by atoms with Gasteiger partial charge in [-0.3, -0.25) is 0 Å². The summed E-state index contributed by atoms with van der Waals surface area (Å²) in [7, 11) is 3.14. The lowest BCUT2D eigenvalue weighted by Crippen LogP contribution is -2.13. The van der Waals surface area contributed by atoms with Crippen LogP contribution in [0.25, 0.3) is 0 Å². The number of hydrogen-bond donors (Lipinski definition) is 2. The van der Waals surface area contributed by atoms with E-state index in [1.807, 2.05) is 13.0 Å². The van der Waals surface area contributed by atoms with Gasteiger partial charge in [-0.2, -0.15) is 0 Å². The third-order valence-corrected chi connectivity index (χ3v) is 2.35. The lowest BCUT2D eigenvalue weighted by molar-refractivity contribution is 0.185. The van der Waals surface area contributed by atoms with Crippen LogP contribution in [-0.4, -0.2) is 25.9 Å². The van der Waals surface area contributed by atoms with E-state index in [1.165, 1.54) is 0 Å². The highest BCUT2D eigenvalue weighted by molar-refractivity contribution is 5.47. The average Bonchev–Trinajstić information content (AvgIpc) is 2.27. The van der Waals surface area contributed by atoms with Crippen LogP contribution in [-0.2, 0) is 0 Å². The Morgan fingerprint density at radius 2 is 1.80 bits per heavy atom. The van der Waals surface area contributed by atoms with Crippen molar-refractivity contribution in [2.75, 3.05) is 20.8 Å². The zero-order valence-corrected chi connectivity index (χ0v) is 9.28. The van der Waals surface area contributed by atoms with Gasteiger partial charge in [0, 0.05) is 6.54 Å². The third kappa shape index (κ3) is 2.40. The Morgan fingerprint density at radius 3 is 2.27 bits per heavy atom. The Kier molecular flexibility index (Phi) is 3.94. The zero-order chi connectivity index (χ0) is 11.4. The molecule has 1 rings (SSSR count). The fourth-order valence-corrected chi connectivity index (χ4v) is 1.48. The molecule has 1 aromatic carbocycles. The van der Waals surface area contributed by atoms with Gasteiger partial charge in [0.15, 0.2) is 11.5 Å². The fraction of sp³-hybridized carbons (Fsp3) is 0.455. The molecule has 1 unspecified atom stereocenters. The minimum atomic E-state index is -0.662. The summed E-state index contributed by atoms with van der Waals surface area (Å²) in [5.41, 5.74) is 7.12. The molecule has 0 bridgehead atoms. The second-order valence-corrected chi connectivity index (χ2v) is 3.32. The van der Waals surface area contributed by atoms with Gasteiger partial charge >= 0.3 is 0 Å². The van der Waals surface area contributed by atoms with Crippen molar-refractivity contribution in [1.82, 2.24) is 0 Å². The van der Waals surface area contributed by atoms with E-state index in [-0.39, 0.29) is 6.54 Å². The number of ether oxygens (including phenoxy) is 2. The van der Waals surface area contributed by atoms with E-state index in [9.17, 15) is 5.11 Å². The first-order chi connectivity index (χ1) is 7.13. The minimum Gasteiger partial charge on any atom is -0.493 e. The van der Waals surface area contributed by atoms with E-state index in [1.54, 1.807) is 20.3 Å². The SMILES string of the molecule is COc1cc(C)c(C(O)CN)cc1OC. The van der Waals surface area contributed by atoms with Crippen molar-refractivity contribution in [3.05, 3.63) is 23.3 Å². The predicted octanol–water partition coefficient (Wildman–Crippen LogP) is 1.00. The molecule has 0 aliphatic carbocycles. The maximum atomic E-state index is 9.67.